The van der Waals surface area contributed by atoms with Crippen molar-refractivity contribution in [2.24, 2.45) is 5.92 Å². The second-order valence-corrected chi connectivity index (χ2v) is 4.85. The van der Waals surface area contributed by atoms with Crippen molar-refractivity contribution in [3.8, 4) is 0 Å². The van der Waals surface area contributed by atoms with Gasteiger partial charge in [0.25, 0.3) is 0 Å². The van der Waals surface area contributed by atoms with Gasteiger partial charge in [-0.05, 0) is 59.9 Å². The molecule has 1 aliphatic rings. The highest BCUT2D eigenvalue weighted by Crippen LogP contribution is 2.14. The maximum absolute atomic E-state index is 4.29. The lowest BCUT2D eigenvalue weighted by Gasteiger charge is -2.22. The van der Waals surface area contributed by atoms with E-state index in [2.05, 4.69) is 31.5 Å². The van der Waals surface area contributed by atoms with E-state index in [1.807, 2.05) is 18.3 Å². The van der Waals surface area contributed by atoms with Crippen molar-refractivity contribution in [2.75, 3.05) is 25.0 Å². The van der Waals surface area contributed by atoms with E-state index in [0.717, 1.165) is 35.8 Å². The van der Waals surface area contributed by atoms with Crippen molar-refractivity contribution in [1.29, 1.82) is 0 Å². The zero-order valence-electron chi connectivity index (χ0n) is 8.67. The second-order valence-electron chi connectivity index (χ2n) is 3.94. The Morgan fingerprint density at radius 3 is 2.87 bits per heavy atom. The third-order valence-electron chi connectivity index (χ3n) is 2.76. The summed E-state index contributed by atoms with van der Waals surface area (Å²) >= 11 is 3.37. The number of anilines is 1. The number of nitrogens with zero attached hydrogens (tertiary/aromatic N) is 1. The van der Waals surface area contributed by atoms with Crippen LogP contribution in [-0.2, 0) is 0 Å². The Bertz CT molecular complexity index is 293. The van der Waals surface area contributed by atoms with E-state index in [0.29, 0.717) is 0 Å². The minimum Gasteiger partial charge on any atom is -0.370 e. The number of nitrogens with one attached hydrogen (secondary N) is 2. The van der Waals surface area contributed by atoms with Crippen LogP contribution in [0, 0.1) is 5.92 Å². The number of aromatic nitrogens is 1. The maximum Gasteiger partial charge on any atom is 0.125 e. The molecule has 3 nitrogen and oxygen atoms in total. The van der Waals surface area contributed by atoms with Crippen LogP contribution in [0.4, 0.5) is 5.82 Å². The fraction of sp³-hybridized carbons (Fsp3) is 0.545. The van der Waals surface area contributed by atoms with Gasteiger partial charge in [-0.2, -0.15) is 0 Å². The zero-order valence-corrected chi connectivity index (χ0v) is 10.3. The Labute approximate surface area is 98.8 Å². The van der Waals surface area contributed by atoms with Crippen LogP contribution in [0.25, 0.3) is 0 Å². The average Bonchev–Trinajstić information content (AvgIpc) is 2.30. The first-order valence-corrected chi connectivity index (χ1v) is 6.20. The smallest absolute Gasteiger partial charge is 0.125 e. The minimum atomic E-state index is 0.789. The van der Waals surface area contributed by atoms with Crippen LogP contribution in [0.15, 0.2) is 22.8 Å². The Balaban J connectivity index is 1.79. The normalized spacial score (nSPS) is 17.7. The summed E-state index contributed by atoms with van der Waals surface area (Å²) in [6.45, 7) is 3.34. The molecule has 82 valence electrons. The largest absolute Gasteiger partial charge is 0.370 e. The van der Waals surface area contributed by atoms with E-state index in [-0.39, 0.29) is 0 Å². The van der Waals surface area contributed by atoms with Gasteiger partial charge in [-0.1, -0.05) is 0 Å². The fourth-order valence-electron chi connectivity index (χ4n) is 1.82. The Morgan fingerprint density at radius 1 is 1.40 bits per heavy atom. The van der Waals surface area contributed by atoms with Crippen molar-refractivity contribution in [3.63, 3.8) is 0 Å². The molecule has 0 radical (unpaired) electrons. The van der Waals surface area contributed by atoms with E-state index in [9.17, 15) is 0 Å². The first-order chi connectivity index (χ1) is 7.34. The predicted molar refractivity (Wildman–Crippen MR) is 66.0 cm³/mol. The SMILES string of the molecule is Brc1ccc(NCC2CCNCC2)nc1. The van der Waals surface area contributed by atoms with Crippen molar-refractivity contribution < 1.29 is 0 Å². The molecule has 15 heavy (non-hydrogen) atoms. The number of rotatable bonds is 3. The summed E-state index contributed by atoms with van der Waals surface area (Å²) in [6.07, 6.45) is 4.36. The summed E-state index contributed by atoms with van der Waals surface area (Å²) in [5, 5.41) is 6.75. The van der Waals surface area contributed by atoms with Crippen molar-refractivity contribution in [3.05, 3.63) is 22.8 Å². The third-order valence-corrected chi connectivity index (χ3v) is 3.23. The van der Waals surface area contributed by atoms with Crippen LogP contribution in [0.5, 0.6) is 0 Å². The summed E-state index contributed by atoms with van der Waals surface area (Å²) < 4.78 is 1.02. The molecule has 0 aromatic carbocycles. The molecule has 0 saturated carbocycles. The van der Waals surface area contributed by atoms with Gasteiger partial charge in [0.1, 0.15) is 5.82 Å². The molecule has 2 heterocycles. The van der Waals surface area contributed by atoms with Crippen molar-refractivity contribution >= 4 is 21.7 Å². The molecule has 4 heteroatoms. The molecule has 2 rings (SSSR count). The first kappa shape index (κ1) is 10.9. The number of hydrogen-bond donors (Lipinski definition) is 2. The molecule has 0 spiro atoms. The van der Waals surface area contributed by atoms with E-state index in [1.165, 1.54) is 12.8 Å². The Morgan fingerprint density at radius 2 is 2.20 bits per heavy atom. The standard InChI is InChI=1S/C11H16BrN3/c12-10-1-2-11(15-8-10)14-7-9-3-5-13-6-4-9/h1-2,8-9,13H,3-7H2,(H,14,15). The average molecular weight is 270 g/mol. The molecule has 0 atom stereocenters. The van der Waals surface area contributed by atoms with Crippen LogP contribution < -0.4 is 10.6 Å². The monoisotopic (exact) mass is 269 g/mol. The highest BCUT2D eigenvalue weighted by Gasteiger charge is 2.12. The van der Waals surface area contributed by atoms with Gasteiger partial charge in [-0.15, -0.1) is 0 Å². The summed E-state index contributed by atoms with van der Waals surface area (Å²) in [4.78, 5) is 4.29. The highest BCUT2D eigenvalue weighted by molar-refractivity contribution is 9.10. The fourth-order valence-corrected chi connectivity index (χ4v) is 2.05. The Kier molecular flexibility index (Phi) is 3.97. The summed E-state index contributed by atoms with van der Waals surface area (Å²) in [6, 6.07) is 4.02. The lowest BCUT2D eigenvalue weighted by atomic mass is 9.98. The van der Waals surface area contributed by atoms with Crippen LogP contribution in [0.1, 0.15) is 12.8 Å². The molecule has 1 aromatic rings. The van der Waals surface area contributed by atoms with Crippen molar-refractivity contribution in [1.82, 2.24) is 10.3 Å². The van der Waals surface area contributed by atoms with E-state index in [1.54, 1.807) is 0 Å². The van der Waals surface area contributed by atoms with Gasteiger partial charge < -0.3 is 10.6 Å². The highest BCUT2D eigenvalue weighted by atomic mass is 79.9. The minimum absolute atomic E-state index is 0.789. The quantitative estimate of drug-likeness (QED) is 0.884. The van der Waals surface area contributed by atoms with E-state index >= 15 is 0 Å². The van der Waals surface area contributed by atoms with Gasteiger partial charge in [0.15, 0.2) is 0 Å². The van der Waals surface area contributed by atoms with Crippen LogP contribution in [0.3, 0.4) is 0 Å². The van der Waals surface area contributed by atoms with Crippen LogP contribution >= 0.6 is 15.9 Å². The molecular formula is C11H16BrN3. The maximum atomic E-state index is 4.29. The van der Waals surface area contributed by atoms with E-state index < -0.39 is 0 Å². The molecule has 0 bridgehead atoms. The van der Waals surface area contributed by atoms with Gasteiger partial charge in [0, 0.05) is 17.2 Å². The molecule has 0 amide bonds. The molecular weight excluding hydrogens is 254 g/mol. The Hall–Kier alpha value is -0.610. The van der Waals surface area contributed by atoms with Gasteiger partial charge >= 0.3 is 0 Å². The van der Waals surface area contributed by atoms with Crippen LogP contribution in [-0.4, -0.2) is 24.6 Å². The molecule has 2 N–H and O–H groups in total. The molecule has 1 aliphatic heterocycles. The molecule has 1 saturated heterocycles. The first-order valence-electron chi connectivity index (χ1n) is 5.41. The van der Waals surface area contributed by atoms with Crippen LogP contribution in [0.2, 0.25) is 0 Å². The number of hydrogen-bond acceptors (Lipinski definition) is 3. The lowest BCUT2D eigenvalue weighted by molar-refractivity contribution is 0.389. The summed E-state index contributed by atoms with van der Waals surface area (Å²) in [5.41, 5.74) is 0. The van der Waals surface area contributed by atoms with Gasteiger partial charge in [0.2, 0.25) is 0 Å². The summed E-state index contributed by atoms with van der Waals surface area (Å²) in [5.74, 6) is 1.76. The van der Waals surface area contributed by atoms with Gasteiger partial charge in [0.05, 0.1) is 0 Å². The topological polar surface area (TPSA) is 37.0 Å². The van der Waals surface area contributed by atoms with Crippen molar-refractivity contribution in [2.45, 2.75) is 12.8 Å². The number of halogens is 1. The third kappa shape index (κ3) is 3.47. The van der Waals surface area contributed by atoms with E-state index in [4.69, 9.17) is 0 Å². The molecule has 1 fully saturated rings. The molecule has 1 aromatic heterocycles. The molecule has 0 unspecified atom stereocenters. The van der Waals surface area contributed by atoms with Gasteiger partial charge in [-0.3, -0.25) is 0 Å². The number of piperidine rings is 1. The zero-order chi connectivity index (χ0) is 10.5. The second kappa shape index (κ2) is 5.47. The predicted octanol–water partition coefficient (Wildman–Crippen LogP) is 2.26. The number of pyridine rings is 1. The lowest BCUT2D eigenvalue weighted by Crippen LogP contribution is -2.31. The molecule has 0 aliphatic carbocycles. The summed E-state index contributed by atoms with van der Waals surface area (Å²) in [7, 11) is 0. The van der Waals surface area contributed by atoms with Gasteiger partial charge in [-0.25, -0.2) is 4.98 Å².